The lowest BCUT2D eigenvalue weighted by Crippen LogP contribution is -2.45. The molecule has 2 heteroatoms. The molecule has 0 amide bonds. The number of rotatable bonds is 13. The van der Waals surface area contributed by atoms with Gasteiger partial charge in [0.05, 0.1) is 7.11 Å². The quantitative estimate of drug-likeness (QED) is 0.176. The zero-order chi connectivity index (χ0) is 21.1. The van der Waals surface area contributed by atoms with Crippen molar-refractivity contribution in [1.29, 1.82) is 0 Å². The number of methoxy groups -OCH3 is 1. The molecule has 0 N–H and O–H groups in total. The molecular formula is C28H42O2. The Morgan fingerprint density at radius 1 is 0.767 bits per heavy atom. The molecule has 0 atom stereocenters. The van der Waals surface area contributed by atoms with E-state index in [1.807, 2.05) is 0 Å². The smallest absolute Gasteiger partial charge is 0.305 e. The number of hydrogen-bond donors (Lipinski definition) is 0. The predicted octanol–water partition coefficient (Wildman–Crippen LogP) is 7.72. The highest BCUT2D eigenvalue weighted by atomic mass is 16.5. The minimum absolute atomic E-state index is 0.118. The fourth-order valence-corrected chi connectivity index (χ4v) is 6.50. The topological polar surface area (TPSA) is 26.3 Å². The zero-order valence-corrected chi connectivity index (χ0v) is 19.1. The lowest BCUT2D eigenvalue weighted by molar-refractivity contribution is -0.140. The Balaban J connectivity index is 1.18. The van der Waals surface area contributed by atoms with Crippen molar-refractivity contribution in [3.63, 3.8) is 0 Å². The summed E-state index contributed by atoms with van der Waals surface area (Å²) in [4.78, 5) is 11.0. The Labute approximate surface area is 184 Å². The minimum atomic E-state index is -0.118. The van der Waals surface area contributed by atoms with Crippen LogP contribution in [0.1, 0.15) is 89.9 Å². The average molecular weight is 411 g/mol. The molecule has 0 unspecified atom stereocenters. The van der Waals surface area contributed by atoms with Crippen molar-refractivity contribution in [2.45, 2.75) is 89.9 Å². The average Bonchev–Trinajstić information content (AvgIpc) is 2.72. The third-order valence-corrected chi connectivity index (χ3v) is 7.47. The van der Waals surface area contributed by atoms with Crippen molar-refractivity contribution < 1.29 is 9.53 Å². The maximum absolute atomic E-state index is 11.0. The van der Waals surface area contributed by atoms with E-state index in [1.54, 1.807) is 38.5 Å². The lowest BCUT2D eigenvalue weighted by Gasteiger charge is -2.57. The molecule has 4 aliphatic rings. The monoisotopic (exact) mass is 410 g/mol. The van der Waals surface area contributed by atoms with Gasteiger partial charge in [0.15, 0.2) is 0 Å². The second kappa shape index (κ2) is 12.3. The second-order valence-corrected chi connectivity index (χ2v) is 10.0. The predicted molar refractivity (Wildman–Crippen MR) is 126 cm³/mol. The lowest BCUT2D eigenvalue weighted by atomic mass is 9.48. The number of ether oxygens (including phenoxy) is 1. The standard InChI is InChI=1S/C28H42O2/c1-30-27(29)16-14-12-10-8-6-4-2-3-5-7-9-11-13-15-17-28-21-24-18-25(22-28)20-26(19-24)23-28/h2,4-5,7-8,10-11,13,24-26H,3,6,9,12,14-23H2,1H3. The molecule has 30 heavy (non-hydrogen) atoms. The molecule has 0 aromatic carbocycles. The van der Waals surface area contributed by atoms with Crippen LogP contribution < -0.4 is 0 Å². The van der Waals surface area contributed by atoms with Gasteiger partial charge in [-0.3, -0.25) is 4.79 Å². The van der Waals surface area contributed by atoms with E-state index >= 15 is 0 Å². The zero-order valence-electron chi connectivity index (χ0n) is 19.1. The van der Waals surface area contributed by atoms with Gasteiger partial charge in [-0.25, -0.2) is 0 Å². The first-order valence-corrected chi connectivity index (χ1v) is 12.4. The molecule has 0 heterocycles. The maximum atomic E-state index is 11.0. The van der Waals surface area contributed by atoms with E-state index in [4.69, 9.17) is 0 Å². The number of carbonyl (C=O) groups excluding carboxylic acids is 1. The highest BCUT2D eigenvalue weighted by Crippen LogP contribution is 2.61. The molecule has 4 rings (SSSR count). The number of allylic oxidation sites excluding steroid dienone is 8. The normalized spacial score (nSPS) is 30.5. The molecular weight excluding hydrogens is 368 g/mol. The fraction of sp³-hybridized carbons (Fsp3) is 0.679. The van der Waals surface area contributed by atoms with E-state index in [0.717, 1.165) is 55.3 Å². The summed E-state index contributed by atoms with van der Waals surface area (Å²) < 4.78 is 4.63. The summed E-state index contributed by atoms with van der Waals surface area (Å²) in [6.07, 6.45) is 35.5. The molecule has 0 aromatic heterocycles. The summed E-state index contributed by atoms with van der Waals surface area (Å²) in [6.45, 7) is 0. The van der Waals surface area contributed by atoms with Crippen LogP contribution in [0, 0.1) is 23.2 Å². The first kappa shape index (κ1) is 23.1. The highest BCUT2D eigenvalue weighted by molar-refractivity contribution is 5.69. The molecule has 0 radical (unpaired) electrons. The SMILES string of the molecule is COC(=O)CCCC=CCC=CCC=CCC=CCCC12CC3CC(CC(C3)C1)C2. The van der Waals surface area contributed by atoms with Crippen molar-refractivity contribution in [2.75, 3.05) is 7.11 Å². The summed E-state index contributed by atoms with van der Waals surface area (Å²) in [5.41, 5.74) is 0.732. The highest BCUT2D eigenvalue weighted by Gasteiger charge is 2.50. The number of carbonyl (C=O) groups is 1. The van der Waals surface area contributed by atoms with E-state index in [9.17, 15) is 4.79 Å². The summed E-state index contributed by atoms with van der Waals surface area (Å²) in [5.74, 6) is 3.13. The van der Waals surface area contributed by atoms with Crippen LogP contribution in [0.3, 0.4) is 0 Å². The number of hydrogen-bond acceptors (Lipinski definition) is 2. The van der Waals surface area contributed by atoms with Crippen molar-refractivity contribution in [3.05, 3.63) is 48.6 Å². The van der Waals surface area contributed by atoms with E-state index in [2.05, 4.69) is 53.3 Å². The Hall–Kier alpha value is -1.57. The molecule has 2 nitrogen and oxygen atoms in total. The summed E-state index contributed by atoms with van der Waals surface area (Å²) in [5, 5.41) is 0. The van der Waals surface area contributed by atoms with Gasteiger partial charge >= 0.3 is 5.97 Å². The number of esters is 1. The van der Waals surface area contributed by atoms with Gasteiger partial charge in [0.2, 0.25) is 0 Å². The summed E-state index contributed by atoms with van der Waals surface area (Å²) in [6, 6.07) is 0. The van der Waals surface area contributed by atoms with Gasteiger partial charge in [0, 0.05) is 6.42 Å². The van der Waals surface area contributed by atoms with Crippen molar-refractivity contribution in [3.8, 4) is 0 Å². The van der Waals surface area contributed by atoms with Crippen LogP contribution in [0.5, 0.6) is 0 Å². The van der Waals surface area contributed by atoms with Crippen LogP contribution in [0.4, 0.5) is 0 Å². The molecule has 4 bridgehead atoms. The van der Waals surface area contributed by atoms with Gasteiger partial charge in [0.1, 0.15) is 0 Å². The Morgan fingerprint density at radius 2 is 1.23 bits per heavy atom. The summed E-state index contributed by atoms with van der Waals surface area (Å²) in [7, 11) is 1.44. The van der Waals surface area contributed by atoms with E-state index in [0.29, 0.717) is 6.42 Å². The van der Waals surface area contributed by atoms with Crippen LogP contribution in [0.25, 0.3) is 0 Å². The van der Waals surface area contributed by atoms with Crippen LogP contribution in [0.2, 0.25) is 0 Å². The second-order valence-electron chi connectivity index (χ2n) is 10.0. The van der Waals surface area contributed by atoms with Crippen molar-refractivity contribution >= 4 is 5.97 Å². The Bertz CT molecular complexity index is 602. The molecule has 0 spiro atoms. The van der Waals surface area contributed by atoms with Gasteiger partial charge in [-0.05, 0) is 107 Å². The van der Waals surface area contributed by atoms with Gasteiger partial charge in [-0.1, -0.05) is 48.6 Å². The maximum Gasteiger partial charge on any atom is 0.305 e. The molecule has 4 fully saturated rings. The molecule has 4 saturated carbocycles. The van der Waals surface area contributed by atoms with Gasteiger partial charge in [-0.15, -0.1) is 0 Å². The summed E-state index contributed by atoms with van der Waals surface area (Å²) >= 11 is 0. The van der Waals surface area contributed by atoms with Crippen LogP contribution in [0.15, 0.2) is 48.6 Å². The van der Waals surface area contributed by atoms with Crippen LogP contribution in [-0.4, -0.2) is 13.1 Å². The number of unbranched alkanes of at least 4 members (excludes halogenated alkanes) is 1. The van der Waals surface area contributed by atoms with E-state index < -0.39 is 0 Å². The van der Waals surface area contributed by atoms with Crippen molar-refractivity contribution in [1.82, 2.24) is 0 Å². The Morgan fingerprint density at radius 3 is 1.73 bits per heavy atom. The Kier molecular flexibility index (Phi) is 9.49. The van der Waals surface area contributed by atoms with Gasteiger partial charge < -0.3 is 4.74 Å². The van der Waals surface area contributed by atoms with Crippen molar-refractivity contribution in [2.24, 2.45) is 23.2 Å². The molecule has 0 aliphatic heterocycles. The molecule has 166 valence electrons. The van der Waals surface area contributed by atoms with E-state index in [-0.39, 0.29) is 5.97 Å². The fourth-order valence-electron chi connectivity index (χ4n) is 6.50. The molecule has 0 saturated heterocycles. The largest absolute Gasteiger partial charge is 0.469 e. The third kappa shape index (κ3) is 7.60. The van der Waals surface area contributed by atoms with E-state index in [1.165, 1.54) is 20.0 Å². The van der Waals surface area contributed by atoms with Gasteiger partial charge in [-0.2, -0.15) is 0 Å². The van der Waals surface area contributed by atoms with Crippen LogP contribution >= 0.6 is 0 Å². The first-order chi connectivity index (χ1) is 14.7. The third-order valence-electron chi connectivity index (χ3n) is 7.47. The molecule has 0 aromatic rings. The minimum Gasteiger partial charge on any atom is -0.469 e. The van der Waals surface area contributed by atoms with Crippen LogP contribution in [-0.2, 0) is 9.53 Å². The molecule has 4 aliphatic carbocycles. The van der Waals surface area contributed by atoms with Gasteiger partial charge in [0.25, 0.3) is 0 Å². The first-order valence-electron chi connectivity index (χ1n) is 12.4.